The standard InChI is InChI=1S/C14H16N2O2/c1-10-5-3-4-6-12(10)13(17)8-16-9-15-11(2)7-14(16)18/h3-7,9,13,17H,8H2,1-2H3. The molecule has 1 unspecified atom stereocenters. The van der Waals surface area contributed by atoms with Gasteiger partial charge >= 0.3 is 0 Å². The van der Waals surface area contributed by atoms with Crippen LogP contribution in [0.3, 0.4) is 0 Å². The highest BCUT2D eigenvalue weighted by Crippen LogP contribution is 2.18. The molecule has 1 aromatic carbocycles. The van der Waals surface area contributed by atoms with E-state index in [1.807, 2.05) is 31.2 Å². The summed E-state index contributed by atoms with van der Waals surface area (Å²) in [6.07, 6.45) is 0.771. The Balaban J connectivity index is 2.24. The fourth-order valence-corrected chi connectivity index (χ4v) is 1.90. The van der Waals surface area contributed by atoms with E-state index in [4.69, 9.17) is 0 Å². The molecule has 1 heterocycles. The number of rotatable bonds is 3. The normalized spacial score (nSPS) is 12.4. The van der Waals surface area contributed by atoms with Gasteiger partial charge in [0.1, 0.15) is 0 Å². The summed E-state index contributed by atoms with van der Waals surface area (Å²) in [6.45, 7) is 3.93. The average Bonchev–Trinajstić information content (AvgIpc) is 2.33. The van der Waals surface area contributed by atoms with Crippen molar-refractivity contribution in [1.29, 1.82) is 0 Å². The van der Waals surface area contributed by atoms with E-state index in [-0.39, 0.29) is 12.1 Å². The molecule has 0 spiro atoms. The zero-order valence-corrected chi connectivity index (χ0v) is 10.5. The third kappa shape index (κ3) is 2.65. The third-order valence-electron chi connectivity index (χ3n) is 2.93. The van der Waals surface area contributed by atoms with E-state index in [1.54, 1.807) is 6.92 Å². The fraction of sp³-hybridized carbons (Fsp3) is 0.286. The van der Waals surface area contributed by atoms with Gasteiger partial charge in [0, 0.05) is 11.8 Å². The summed E-state index contributed by atoms with van der Waals surface area (Å²) in [5.74, 6) is 0. The lowest BCUT2D eigenvalue weighted by Gasteiger charge is -2.14. The van der Waals surface area contributed by atoms with Crippen molar-refractivity contribution in [2.75, 3.05) is 0 Å². The Morgan fingerprint density at radius 3 is 2.72 bits per heavy atom. The fourth-order valence-electron chi connectivity index (χ4n) is 1.90. The van der Waals surface area contributed by atoms with Gasteiger partial charge in [-0.3, -0.25) is 9.36 Å². The minimum absolute atomic E-state index is 0.143. The number of hydrogen-bond donors (Lipinski definition) is 1. The lowest BCUT2D eigenvalue weighted by molar-refractivity contribution is 0.154. The van der Waals surface area contributed by atoms with Crippen LogP contribution in [0.1, 0.15) is 22.9 Å². The Hall–Kier alpha value is -1.94. The van der Waals surface area contributed by atoms with Gasteiger partial charge in [-0.1, -0.05) is 24.3 Å². The Bertz CT molecular complexity index is 605. The van der Waals surface area contributed by atoms with E-state index in [1.165, 1.54) is 17.0 Å². The molecule has 2 aromatic rings. The van der Waals surface area contributed by atoms with Crippen LogP contribution < -0.4 is 5.56 Å². The monoisotopic (exact) mass is 244 g/mol. The number of aromatic nitrogens is 2. The molecule has 0 aliphatic carbocycles. The zero-order chi connectivity index (χ0) is 13.1. The first kappa shape index (κ1) is 12.5. The number of benzene rings is 1. The Kier molecular flexibility index (Phi) is 3.58. The predicted octanol–water partition coefficient (Wildman–Crippen LogP) is 1.59. The highest BCUT2D eigenvalue weighted by atomic mass is 16.3. The van der Waals surface area contributed by atoms with Crippen LogP contribution >= 0.6 is 0 Å². The Morgan fingerprint density at radius 2 is 2.06 bits per heavy atom. The number of aliphatic hydroxyl groups excluding tert-OH is 1. The molecule has 0 saturated heterocycles. The highest BCUT2D eigenvalue weighted by Gasteiger charge is 2.11. The van der Waals surface area contributed by atoms with Crippen molar-refractivity contribution in [2.24, 2.45) is 0 Å². The summed E-state index contributed by atoms with van der Waals surface area (Å²) in [7, 11) is 0. The second kappa shape index (κ2) is 5.14. The van der Waals surface area contributed by atoms with Crippen molar-refractivity contribution >= 4 is 0 Å². The van der Waals surface area contributed by atoms with Gasteiger partial charge in [0.2, 0.25) is 0 Å². The number of aryl methyl sites for hydroxylation is 2. The van der Waals surface area contributed by atoms with E-state index in [0.717, 1.165) is 11.1 Å². The summed E-state index contributed by atoms with van der Waals surface area (Å²) >= 11 is 0. The van der Waals surface area contributed by atoms with E-state index >= 15 is 0 Å². The largest absolute Gasteiger partial charge is 0.387 e. The zero-order valence-electron chi connectivity index (χ0n) is 10.5. The molecule has 1 atom stereocenters. The molecule has 0 radical (unpaired) electrons. The highest BCUT2D eigenvalue weighted by molar-refractivity contribution is 5.27. The molecule has 1 N–H and O–H groups in total. The van der Waals surface area contributed by atoms with Crippen molar-refractivity contribution in [1.82, 2.24) is 9.55 Å². The Labute approximate surface area is 106 Å². The minimum Gasteiger partial charge on any atom is -0.387 e. The molecular formula is C14H16N2O2. The smallest absolute Gasteiger partial charge is 0.253 e. The van der Waals surface area contributed by atoms with Crippen LogP contribution in [-0.2, 0) is 6.54 Å². The van der Waals surface area contributed by atoms with Gasteiger partial charge in [0.15, 0.2) is 0 Å². The molecular weight excluding hydrogens is 228 g/mol. The number of nitrogens with zero attached hydrogens (tertiary/aromatic N) is 2. The molecule has 0 aliphatic rings. The SMILES string of the molecule is Cc1cc(=O)n(CC(O)c2ccccc2C)cn1. The van der Waals surface area contributed by atoms with Crippen molar-refractivity contribution in [3.8, 4) is 0 Å². The van der Waals surface area contributed by atoms with Gasteiger partial charge in [-0.15, -0.1) is 0 Å². The first-order valence-corrected chi connectivity index (χ1v) is 5.84. The summed E-state index contributed by atoms with van der Waals surface area (Å²) in [4.78, 5) is 15.8. The van der Waals surface area contributed by atoms with Crippen molar-refractivity contribution in [3.63, 3.8) is 0 Å². The molecule has 18 heavy (non-hydrogen) atoms. The van der Waals surface area contributed by atoms with Crippen molar-refractivity contribution < 1.29 is 5.11 Å². The van der Waals surface area contributed by atoms with Gasteiger partial charge in [-0.25, -0.2) is 4.98 Å². The summed E-state index contributed by atoms with van der Waals surface area (Å²) in [5.41, 5.74) is 2.39. The summed E-state index contributed by atoms with van der Waals surface area (Å²) in [5, 5.41) is 10.2. The van der Waals surface area contributed by atoms with Crippen LogP contribution in [0, 0.1) is 13.8 Å². The Morgan fingerprint density at radius 1 is 1.33 bits per heavy atom. The third-order valence-corrected chi connectivity index (χ3v) is 2.93. The number of hydrogen-bond acceptors (Lipinski definition) is 3. The molecule has 0 aliphatic heterocycles. The minimum atomic E-state index is -0.701. The molecule has 0 amide bonds. The van der Waals surface area contributed by atoms with Crippen LogP contribution in [0.4, 0.5) is 0 Å². The second-order valence-electron chi connectivity index (χ2n) is 4.39. The number of aliphatic hydroxyl groups is 1. The molecule has 94 valence electrons. The molecule has 0 saturated carbocycles. The van der Waals surface area contributed by atoms with Crippen LogP contribution in [0.25, 0.3) is 0 Å². The maximum atomic E-state index is 11.7. The van der Waals surface area contributed by atoms with E-state index in [9.17, 15) is 9.90 Å². The van der Waals surface area contributed by atoms with Gasteiger partial charge < -0.3 is 5.11 Å². The quantitative estimate of drug-likeness (QED) is 0.892. The summed E-state index contributed by atoms with van der Waals surface area (Å²) < 4.78 is 1.42. The lowest BCUT2D eigenvalue weighted by atomic mass is 10.0. The lowest BCUT2D eigenvalue weighted by Crippen LogP contribution is -2.23. The van der Waals surface area contributed by atoms with Crippen LogP contribution in [0.5, 0.6) is 0 Å². The van der Waals surface area contributed by atoms with Crippen molar-refractivity contribution in [2.45, 2.75) is 26.5 Å². The topological polar surface area (TPSA) is 55.1 Å². The van der Waals surface area contributed by atoms with Gasteiger partial charge in [0.05, 0.1) is 19.0 Å². The first-order valence-electron chi connectivity index (χ1n) is 5.84. The van der Waals surface area contributed by atoms with Gasteiger partial charge in [-0.2, -0.15) is 0 Å². The van der Waals surface area contributed by atoms with E-state index in [0.29, 0.717) is 5.69 Å². The van der Waals surface area contributed by atoms with Gasteiger partial charge in [-0.05, 0) is 25.0 Å². The van der Waals surface area contributed by atoms with Crippen molar-refractivity contribution in [3.05, 3.63) is 63.8 Å². The molecule has 1 aromatic heterocycles. The van der Waals surface area contributed by atoms with E-state index in [2.05, 4.69) is 4.98 Å². The van der Waals surface area contributed by atoms with Crippen LogP contribution in [0.2, 0.25) is 0 Å². The maximum absolute atomic E-state index is 11.7. The molecule has 4 nitrogen and oxygen atoms in total. The maximum Gasteiger partial charge on any atom is 0.253 e. The van der Waals surface area contributed by atoms with Gasteiger partial charge in [0.25, 0.3) is 5.56 Å². The van der Waals surface area contributed by atoms with Crippen LogP contribution in [0.15, 0.2) is 41.5 Å². The summed E-state index contributed by atoms with van der Waals surface area (Å²) in [6, 6.07) is 9.07. The second-order valence-corrected chi connectivity index (χ2v) is 4.39. The molecule has 4 heteroatoms. The molecule has 2 rings (SSSR count). The van der Waals surface area contributed by atoms with E-state index < -0.39 is 6.10 Å². The van der Waals surface area contributed by atoms with Crippen LogP contribution in [-0.4, -0.2) is 14.7 Å². The first-order chi connectivity index (χ1) is 8.58. The average molecular weight is 244 g/mol. The molecule has 0 bridgehead atoms. The predicted molar refractivity (Wildman–Crippen MR) is 69.4 cm³/mol. The molecule has 0 fully saturated rings.